The number of pyridine rings is 1. The van der Waals surface area contributed by atoms with Crippen molar-refractivity contribution in [1.82, 2.24) is 9.88 Å². The number of hydrogen-bond donors (Lipinski definition) is 0. The molecule has 2 saturated heterocycles. The minimum atomic E-state index is -0.298. The number of anilines is 1. The highest BCUT2D eigenvalue weighted by atomic mass is 16.5. The standard InChI is InChI=1S/C22H32N4O3/c1-22(2)14-17-18(15-23)21(28-13-8-25-6-4-3-5-7-25)24-20(19(17)16-29-22)26-9-11-27-12-10-26/h3-14,16H2,1-2H3. The van der Waals surface area contributed by atoms with E-state index in [1.54, 1.807) is 0 Å². The van der Waals surface area contributed by atoms with Crippen molar-refractivity contribution in [2.45, 2.75) is 51.7 Å². The molecule has 7 heteroatoms. The van der Waals surface area contributed by atoms with Crippen LogP contribution >= 0.6 is 0 Å². The van der Waals surface area contributed by atoms with E-state index in [2.05, 4.69) is 29.7 Å². The number of morpholine rings is 1. The van der Waals surface area contributed by atoms with Gasteiger partial charge in [0.2, 0.25) is 5.88 Å². The van der Waals surface area contributed by atoms with Crippen molar-refractivity contribution in [3.05, 3.63) is 16.7 Å². The molecule has 0 aromatic carbocycles. The number of nitriles is 1. The molecular weight excluding hydrogens is 368 g/mol. The van der Waals surface area contributed by atoms with Crippen LogP contribution in [-0.2, 0) is 22.5 Å². The Bertz CT molecular complexity index is 762. The van der Waals surface area contributed by atoms with E-state index in [9.17, 15) is 5.26 Å². The van der Waals surface area contributed by atoms with E-state index in [0.717, 1.165) is 49.7 Å². The molecular formula is C22H32N4O3. The number of piperidine rings is 1. The topological polar surface area (TPSA) is 70.9 Å². The molecule has 3 aliphatic heterocycles. The predicted octanol–water partition coefficient (Wildman–Crippen LogP) is 2.51. The first kappa shape index (κ1) is 20.4. The predicted molar refractivity (Wildman–Crippen MR) is 110 cm³/mol. The Morgan fingerprint density at radius 3 is 2.59 bits per heavy atom. The van der Waals surface area contributed by atoms with Crippen molar-refractivity contribution < 1.29 is 14.2 Å². The Balaban J connectivity index is 1.61. The summed E-state index contributed by atoms with van der Waals surface area (Å²) in [7, 11) is 0. The molecule has 0 bridgehead atoms. The average molecular weight is 401 g/mol. The quantitative estimate of drug-likeness (QED) is 0.752. The van der Waals surface area contributed by atoms with Gasteiger partial charge in [-0.2, -0.15) is 10.2 Å². The summed E-state index contributed by atoms with van der Waals surface area (Å²) in [6, 6.07) is 2.38. The lowest BCUT2D eigenvalue weighted by atomic mass is 9.89. The van der Waals surface area contributed by atoms with Gasteiger partial charge in [0.1, 0.15) is 24.1 Å². The van der Waals surface area contributed by atoms with Gasteiger partial charge >= 0.3 is 0 Å². The van der Waals surface area contributed by atoms with Crippen LogP contribution in [0.15, 0.2) is 0 Å². The molecule has 4 rings (SSSR count). The van der Waals surface area contributed by atoms with Crippen molar-refractivity contribution in [2.24, 2.45) is 0 Å². The van der Waals surface area contributed by atoms with E-state index in [1.165, 1.54) is 19.3 Å². The van der Waals surface area contributed by atoms with Gasteiger partial charge in [0.15, 0.2) is 0 Å². The number of fused-ring (bicyclic) bond motifs is 1. The van der Waals surface area contributed by atoms with Crippen molar-refractivity contribution >= 4 is 5.82 Å². The fourth-order valence-corrected chi connectivity index (χ4v) is 4.44. The number of aromatic nitrogens is 1. The van der Waals surface area contributed by atoms with Crippen LogP contribution in [0.1, 0.15) is 49.8 Å². The first-order chi connectivity index (χ1) is 14.1. The summed E-state index contributed by atoms with van der Waals surface area (Å²) in [6.45, 7) is 11.3. The van der Waals surface area contributed by atoms with Crippen LogP contribution in [0, 0.1) is 11.3 Å². The highest BCUT2D eigenvalue weighted by molar-refractivity contribution is 5.61. The maximum Gasteiger partial charge on any atom is 0.234 e. The van der Waals surface area contributed by atoms with E-state index in [-0.39, 0.29) is 5.60 Å². The number of ether oxygens (including phenoxy) is 3. The van der Waals surface area contributed by atoms with E-state index in [4.69, 9.17) is 19.2 Å². The van der Waals surface area contributed by atoms with Crippen LogP contribution in [0.5, 0.6) is 5.88 Å². The van der Waals surface area contributed by atoms with Crippen LogP contribution in [-0.4, -0.2) is 68.0 Å². The van der Waals surface area contributed by atoms with Gasteiger partial charge in [-0.25, -0.2) is 0 Å². The smallest absolute Gasteiger partial charge is 0.234 e. The van der Waals surface area contributed by atoms with E-state index < -0.39 is 0 Å². The minimum Gasteiger partial charge on any atom is -0.475 e. The van der Waals surface area contributed by atoms with E-state index in [1.807, 2.05) is 0 Å². The second-order valence-electron chi connectivity index (χ2n) is 8.76. The Labute approximate surface area is 173 Å². The Hall–Kier alpha value is -1.88. The minimum absolute atomic E-state index is 0.298. The normalized spacial score (nSPS) is 22.0. The van der Waals surface area contributed by atoms with E-state index >= 15 is 0 Å². The zero-order valence-electron chi connectivity index (χ0n) is 17.7. The lowest BCUT2D eigenvalue weighted by Crippen LogP contribution is -2.40. The summed E-state index contributed by atoms with van der Waals surface area (Å²) in [5, 5.41) is 9.94. The molecule has 1 aromatic rings. The first-order valence-electron chi connectivity index (χ1n) is 10.8. The highest BCUT2D eigenvalue weighted by Gasteiger charge is 2.34. The summed E-state index contributed by atoms with van der Waals surface area (Å²) in [6.07, 6.45) is 4.53. The fraction of sp³-hybridized carbons (Fsp3) is 0.727. The largest absolute Gasteiger partial charge is 0.475 e. The average Bonchev–Trinajstić information content (AvgIpc) is 2.74. The summed E-state index contributed by atoms with van der Waals surface area (Å²) in [4.78, 5) is 9.52. The second-order valence-corrected chi connectivity index (χ2v) is 8.76. The number of nitrogens with zero attached hydrogens (tertiary/aromatic N) is 4. The summed E-state index contributed by atoms with van der Waals surface area (Å²) >= 11 is 0. The fourth-order valence-electron chi connectivity index (χ4n) is 4.44. The van der Waals surface area contributed by atoms with Gasteiger partial charge in [-0.15, -0.1) is 0 Å². The Morgan fingerprint density at radius 1 is 1.10 bits per heavy atom. The third-order valence-corrected chi connectivity index (χ3v) is 6.08. The van der Waals surface area contributed by atoms with E-state index in [0.29, 0.717) is 44.3 Å². The van der Waals surface area contributed by atoms with Crippen molar-refractivity contribution in [3.8, 4) is 11.9 Å². The maximum atomic E-state index is 9.94. The van der Waals surface area contributed by atoms with Crippen molar-refractivity contribution in [1.29, 1.82) is 5.26 Å². The maximum absolute atomic E-state index is 9.94. The summed E-state index contributed by atoms with van der Waals surface area (Å²) in [5.41, 5.74) is 2.35. The van der Waals surface area contributed by atoms with Crippen molar-refractivity contribution in [2.75, 3.05) is 57.4 Å². The summed E-state index contributed by atoms with van der Waals surface area (Å²) < 4.78 is 17.7. The molecule has 0 unspecified atom stereocenters. The summed E-state index contributed by atoms with van der Waals surface area (Å²) in [5.74, 6) is 1.37. The third-order valence-electron chi connectivity index (χ3n) is 6.08. The molecule has 2 fully saturated rings. The zero-order valence-corrected chi connectivity index (χ0v) is 17.7. The molecule has 0 saturated carbocycles. The lowest BCUT2D eigenvalue weighted by molar-refractivity contribution is -0.0402. The lowest BCUT2D eigenvalue weighted by Gasteiger charge is -2.36. The molecule has 0 N–H and O–H groups in total. The van der Waals surface area contributed by atoms with Crippen LogP contribution in [0.2, 0.25) is 0 Å². The van der Waals surface area contributed by atoms with Gasteiger partial charge < -0.3 is 19.1 Å². The molecule has 4 heterocycles. The van der Waals surface area contributed by atoms with Gasteiger partial charge in [0.05, 0.1) is 25.4 Å². The molecule has 3 aliphatic rings. The molecule has 0 atom stereocenters. The molecule has 0 radical (unpaired) electrons. The molecule has 0 aliphatic carbocycles. The molecule has 29 heavy (non-hydrogen) atoms. The van der Waals surface area contributed by atoms with Gasteiger partial charge in [0.25, 0.3) is 0 Å². The van der Waals surface area contributed by atoms with Crippen LogP contribution in [0.25, 0.3) is 0 Å². The highest BCUT2D eigenvalue weighted by Crippen LogP contribution is 2.38. The number of hydrogen-bond acceptors (Lipinski definition) is 7. The van der Waals surface area contributed by atoms with Crippen molar-refractivity contribution in [3.63, 3.8) is 0 Å². The molecule has 0 amide bonds. The Kier molecular flexibility index (Phi) is 6.23. The third kappa shape index (κ3) is 4.66. The van der Waals surface area contributed by atoms with Gasteiger partial charge in [-0.1, -0.05) is 6.42 Å². The number of rotatable bonds is 5. The number of likely N-dealkylation sites (tertiary alicyclic amines) is 1. The molecule has 7 nitrogen and oxygen atoms in total. The Morgan fingerprint density at radius 2 is 1.86 bits per heavy atom. The molecule has 0 spiro atoms. The molecule has 1 aromatic heterocycles. The SMILES string of the molecule is CC1(C)Cc2c(C#N)c(OCCN3CCCCC3)nc(N3CCOCC3)c2CO1. The van der Waals surface area contributed by atoms with Gasteiger partial charge in [0, 0.05) is 31.6 Å². The second kappa shape index (κ2) is 8.86. The van der Waals surface area contributed by atoms with Crippen LogP contribution in [0.4, 0.5) is 5.82 Å². The van der Waals surface area contributed by atoms with Gasteiger partial charge in [-0.05, 0) is 45.3 Å². The first-order valence-corrected chi connectivity index (χ1v) is 10.8. The monoisotopic (exact) mass is 400 g/mol. The van der Waals surface area contributed by atoms with Crippen LogP contribution in [0.3, 0.4) is 0 Å². The van der Waals surface area contributed by atoms with Gasteiger partial charge in [-0.3, -0.25) is 4.90 Å². The zero-order chi connectivity index (χ0) is 20.3. The van der Waals surface area contributed by atoms with Crippen LogP contribution < -0.4 is 9.64 Å². The molecule has 158 valence electrons.